The van der Waals surface area contributed by atoms with Crippen molar-refractivity contribution in [1.82, 2.24) is 0 Å². The molecule has 0 spiro atoms. The summed E-state index contributed by atoms with van der Waals surface area (Å²) in [6.07, 6.45) is 7.73. The third-order valence-electron chi connectivity index (χ3n) is 3.22. The van der Waals surface area contributed by atoms with Crippen LogP contribution in [0.2, 0.25) is 0 Å². The lowest BCUT2D eigenvalue weighted by atomic mass is 10.0. The van der Waals surface area contributed by atoms with Gasteiger partial charge in [-0.1, -0.05) is 12.8 Å². The second-order valence-corrected chi connectivity index (χ2v) is 4.73. The van der Waals surface area contributed by atoms with Crippen molar-refractivity contribution in [2.24, 2.45) is 17.6 Å². The molecule has 0 heterocycles. The summed E-state index contributed by atoms with van der Waals surface area (Å²) in [6.45, 7) is 0. The molecule has 0 aromatic carbocycles. The molecule has 0 aromatic rings. The number of carbonyl (C=O) groups is 1. The largest absolute Gasteiger partial charge is 0.327 e. The molecule has 1 unspecified atom stereocenters. The third-order valence-corrected chi connectivity index (χ3v) is 3.22. The van der Waals surface area contributed by atoms with Crippen LogP contribution in [-0.4, -0.2) is 11.8 Å². The maximum absolute atomic E-state index is 11.4. The fourth-order valence-corrected chi connectivity index (χ4v) is 1.83. The zero-order valence-electron chi connectivity index (χ0n) is 8.17. The summed E-state index contributed by atoms with van der Waals surface area (Å²) in [5, 5.41) is 0. The molecule has 2 rings (SSSR count). The van der Waals surface area contributed by atoms with Gasteiger partial charge in [-0.2, -0.15) is 0 Å². The second-order valence-electron chi connectivity index (χ2n) is 4.73. The molecule has 2 fully saturated rings. The zero-order valence-corrected chi connectivity index (χ0v) is 8.17. The van der Waals surface area contributed by atoms with Gasteiger partial charge in [-0.25, -0.2) is 0 Å². The normalized spacial score (nSPS) is 24.4. The highest BCUT2D eigenvalue weighted by atomic mass is 16.1. The molecule has 74 valence electrons. The van der Waals surface area contributed by atoms with Crippen LogP contribution in [0, 0.1) is 11.8 Å². The summed E-state index contributed by atoms with van der Waals surface area (Å²) >= 11 is 0. The Bertz CT molecular complexity index is 194. The molecule has 0 bridgehead atoms. The Balaban J connectivity index is 1.58. The van der Waals surface area contributed by atoms with Crippen molar-refractivity contribution in [3.05, 3.63) is 0 Å². The van der Waals surface area contributed by atoms with Crippen molar-refractivity contribution in [3.63, 3.8) is 0 Å². The van der Waals surface area contributed by atoms with Crippen LogP contribution in [-0.2, 0) is 4.79 Å². The van der Waals surface area contributed by atoms with E-state index in [2.05, 4.69) is 0 Å². The summed E-state index contributed by atoms with van der Waals surface area (Å²) in [5.41, 5.74) is 5.88. The van der Waals surface area contributed by atoms with Gasteiger partial charge >= 0.3 is 0 Å². The van der Waals surface area contributed by atoms with Gasteiger partial charge in [0.15, 0.2) is 0 Å². The first-order valence-electron chi connectivity index (χ1n) is 5.53. The van der Waals surface area contributed by atoms with Gasteiger partial charge in [-0.3, -0.25) is 4.79 Å². The van der Waals surface area contributed by atoms with Gasteiger partial charge in [0.25, 0.3) is 0 Å². The summed E-state index contributed by atoms with van der Waals surface area (Å²) < 4.78 is 0. The van der Waals surface area contributed by atoms with Gasteiger partial charge in [0.05, 0.1) is 0 Å². The Hall–Kier alpha value is -0.370. The van der Waals surface area contributed by atoms with Crippen LogP contribution in [0.15, 0.2) is 0 Å². The fourth-order valence-electron chi connectivity index (χ4n) is 1.83. The summed E-state index contributed by atoms with van der Waals surface area (Å²) in [5.74, 6) is 1.94. The molecular formula is C11H19NO. The Morgan fingerprint density at radius 2 is 2.00 bits per heavy atom. The van der Waals surface area contributed by atoms with Crippen LogP contribution in [0.3, 0.4) is 0 Å². The molecule has 0 amide bonds. The lowest BCUT2D eigenvalue weighted by Crippen LogP contribution is -2.25. The average molecular weight is 181 g/mol. The van der Waals surface area contributed by atoms with E-state index in [1.807, 2.05) is 0 Å². The van der Waals surface area contributed by atoms with E-state index in [9.17, 15) is 4.79 Å². The van der Waals surface area contributed by atoms with Crippen molar-refractivity contribution in [3.8, 4) is 0 Å². The molecular weight excluding hydrogens is 162 g/mol. The number of hydrogen-bond acceptors (Lipinski definition) is 2. The van der Waals surface area contributed by atoms with E-state index < -0.39 is 0 Å². The fraction of sp³-hybridized carbons (Fsp3) is 0.909. The third kappa shape index (κ3) is 3.11. The smallest absolute Gasteiger partial charge is 0.134 e. The van der Waals surface area contributed by atoms with Crippen molar-refractivity contribution in [2.75, 3.05) is 0 Å². The summed E-state index contributed by atoms with van der Waals surface area (Å²) in [4.78, 5) is 11.4. The summed E-state index contributed by atoms with van der Waals surface area (Å²) in [7, 11) is 0. The predicted molar refractivity (Wildman–Crippen MR) is 52.3 cm³/mol. The Morgan fingerprint density at radius 3 is 2.54 bits per heavy atom. The van der Waals surface area contributed by atoms with Crippen LogP contribution in [0.25, 0.3) is 0 Å². The maximum Gasteiger partial charge on any atom is 0.134 e. The van der Waals surface area contributed by atoms with Crippen molar-refractivity contribution in [2.45, 2.75) is 51.0 Å². The molecule has 2 N–H and O–H groups in total. The minimum absolute atomic E-state index is 0.173. The van der Waals surface area contributed by atoms with Crippen LogP contribution < -0.4 is 5.73 Å². The Labute approximate surface area is 79.9 Å². The van der Waals surface area contributed by atoms with Crippen molar-refractivity contribution >= 4 is 5.78 Å². The number of ketones is 1. The molecule has 2 saturated carbocycles. The standard InChI is InChI=1S/C11H19NO/c12-11(9-4-5-9)7-10(13)6-3-8-1-2-8/h8-9,11H,1-7,12H2. The molecule has 0 aliphatic heterocycles. The van der Waals surface area contributed by atoms with E-state index in [0.29, 0.717) is 18.1 Å². The van der Waals surface area contributed by atoms with Gasteiger partial charge in [-0.05, 0) is 31.1 Å². The number of carbonyl (C=O) groups excluding carboxylic acids is 1. The molecule has 0 saturated heterocycles. The number of nitrogens with two attached hydrogens (primary N) is 1. The van der Waals surface area contributed by atoms with E-state index in [4.69, 9.17) is 5.73 Å². The number of Topliss-reactive ketones (excluding diaryl/α,β-unsaturated/α-hetero) is 1. The van der Waals surface area contributed by atoms with Crippen LogP contribution in [0.1, 0.15) is 44.9 Å². The van der Waals surface area contributed by atoms with Crippen molar-refractivity contribution in [1.29, 1.82) is 0 Å². The minimum Gasteiger partial charge on any atom is -0.327 e. The molecule has 0 radical (unpaired) electrons. The van der Waals surface area contributed by atoms with E-state index in [1.165, 1.54) is 25.7 Å². The molecule has 1 atom stereocenters. The highest BCUT2D eigenvalue weighted by molar-refractivity contribution is 5.79. The van der Waals surface area contributed by atoms with Crippen LogP contribution in [0.4, 0.5) is 0 Å². The van der Waals surface area contributed by atoms with Crippen molar-refractivity contribution < 1.29 is 4.79 Å². The molecule has 13 heavy (non-hydrogen) atoms. The highest BCUT2D eigenvalue weighted by Crippen LogP contribution is 2.35. The molecule has 2 nitrogen and oxygen atoms in total. The topological polar surface area (TPSA) is 43.1 Å². The Morgan fingerprint density at radius 1 is 1.31 bits per heavy atom. The van der Waals surface area contributed by atoms with Gasteiger partial charge in [0, 0.05) is 18.9 Å². The van der Waals surface area contributed by atoms with Crippen LogP contribution >= 0.6 is 0 Å². The van der Waals surface area contributed by atoms with Gasteiger partial charge in [-0.15, -0.1) is 0 Å². The lowest BCUT2D eigenvalue weighted by Gasteiger charge is -2.08. The average Bonchev–Trinajstić information content (AvgIpc) is 2.93. The second kappa shape index (κ2) is 3.79. The minimum atomic E-state index is 0.173. The first-order valence-corrected chi connectivity index (χ1v) is 5.53. The molecule has 2 heteroatoms. The molecule has 2 aliphatic rings. The van der Waals surface area contributed by atoms with E-state index in [1.54, 1.807) is 0 Å². The quantitative estimate of drug-likeness (QED) is 0.679. The monoisotopic (exact) mass is 181 g/mol. The summed E-state index contributed by atoms with van der Waals surface area (Å²) in [6, 6.07) is 0.173. The van der Waals surface area contributed by atoms with Crippen LogP contribution in [0.5, 0.6) is 0 Å². The zero-order chi connectivity index (χ0) is 9.26. The van der Waals surface area contributed by atoms with Gasteiger partial charge in [0.1, 0.15) is 5.78 Å². The number of hydrogen-bond donors (Lipinski definition) is 1. The molecule has 0 aromatic heterocycles. The first-order chi connectivity index (χ1) is 6.25. The lowest BCUT2D eigenvalue weighted by molar-refractivity contribution is -0.119. The van der Waals surface area contributed by atoms with E-state index >= 15 is 0 Å². The number of rotatable bonds is 6. The van der Waals surface area contributed by atoms with E-state index in [0.717, 1.165) is 18.8 Å². The van der Waals surface area contributed by atoms with E-state index in [-0.39, 0.29) is 6.04 Å². The van der Waals surface area contributed by atoms with Gasteiger partial charge in [0.2, 0.25) is 0 Å². The first kappa shape index (κ1) is 9.20. The molecule has 2 aliphatic carbocycles. The predicted octanol–water partition coefficient (Wildman–Crippen LogP) is 1.87. The van der Waals surface area contributed by atoms with Gasteiger partial charge < -0.3 is 5.73 Å². The Kier molecular flexibility index (Phi) is 2.68. The maximum atomic E-state index is 11.4. The SMILES string of the molecule is NC(CC(=O)CCC1CC1)C1CC1. The highest BCUT2D eigenvalue weighted by Gasteiger charge is 2.30.